The molecule has 1 atom stereocenters. The first kappa shape index (κ1) is 16.9. The van der Waals surface area contributed by atoms with E-state index in [9.17, 15) is 0 Å². The SMILES string of the molecule is CCCCNc1ccnc2[nH]c(-c3cn(C)c4c3CC(OC)C=C4)cc12. The minimum absolute atomic E-state index is 0.137. The standard InChI is InChI=1S/C21H26N4O/c1-4-5-9-22-18-8-10-23-21-16(18)12-19(24-21)17-13-25(2)20-7-6-14(26-3)11-15(17)20/h6-8,10,12-14H,4-5,9,11H2,1-3H3,(H2,22,23,24). The van der Waals surface area contributed by atoms with Gasteiger partial charge in [-0.15, -0.1) is 0 Å². The van der Waals surface area contributed by atoms with E-state index in [1.807, 2.05) is 6.20 Å². The number of aryl methyl sites for hydroxylation is 1. The molecule has 26 heavy (non-hydrogen) atoms. The minimum Gasteiger partial charge on any atom is -0.384 e. The molecule has 1 aliphatic carbocycles. The molecule has 0 radical (unpaired) electrons. The molecule has 3 aromatic rings. The average Bonchev–Trinajstić information content (AvgIpc) is 3.23. The maximum absolute atomic E-state index is 5.55. The lowest BCUT2D eigenvalue weighted by molar-refractivity contribution is 0.141. The van der Waals surface area contributed by atoms with Crippen molar-refractivity contribution in [1.29, 1.82) is 0 Å². The molecule has 0 aliphatic heterocycles. The van der Waals surface area contributed by atoms with E-state index >= 15 is 0 Å². The summed E-state index contributed by atoms with van der Waals surface area (Å²) in [6, 6.07) is 4.27. The van der Waals surface area contributed by atoms with Crippen LogP contribution in [0.1, 0.15) is 31.0 Å². The highest BCUT2D eigenvalue weighted by Gasteiger charge is 2.22. The molecule has 0 saturated heterocycles. The number of anilines is 1. The van der Waals surface area contributed by atoms with E-state index in [-0.39, 0.29) is 6.10 Å². The van der Waals surface area contributed by atoms with Gasteiger partial charge in [0.2, 0.25) is 0 Å². The molecule has 4 rings (SSSR count). The van der Waals surface area contributed by atoms with E-state index in [1.165, 1.54) is 23.2 Å². The Morgan fingerprint density at radius 2 is 2.31 bits per heavy atom. The Bertz CT molecular complexity index is 950. The summed E-state index contributed by atoms with van der Waals surface area (Å²) >= 11 is 0. The Balaban J connectivity index is 1.74. The fourth-order valence-corrected chi connectivity index (χ4v) is 3.71. The Hall–Kier alpha value is -2.53. The third-order valence-corrected chi connectivity index (χ3v) is 5.18. The second kappa shape index (κ2) is 7.00. The molecular formula is C21H26N4O. The number of methoxy groups -OCH3 is 1. The number of unbranched alkanes of at least 4 members (excludes halogenated alkanes) is 1. The number of ether oxygens (including phenoxy) is 1. The summed E-state index contributed by atoms with van der Waals surface area (Å²) in [6.45, 7) is 3.19. The predicted octanol–water partition coefficient (Wildman–Crippen LogP) is 4.36. The number of nitrogens with zero attached hydrogens (tertiary/aromatic N) is 2. The maximum atomic E-state index is 5.55. The smallest absolute Gasteiger partial charge is 0.139 e. The molecule has 5 nitrogen and oxygen atoms in total. The number of pyridine rings is 1. The number of rotatable bonds is 6. The van der Waals surface area contributed by atoms with Crippen LogP contribution >= 0.6 is 0 Å². The van der Waals surface area contributed by atoms with E-state index in [0.29, 0.717) is 0 Å². The monoisotopic (exact) mass is 350 g/mol. The molecule has 1 unspecified atom stereocenters. The molecule has 0 aromatic carbocycles. The van der Waals surface area contributed by atoms with Crippen LogP contribution in [0, 0.1) is 0 Å². The summed E-state index contributed by atoms with van der Waals surface area (Å²) in [7, 11) is 3.86. The summed E-state index contributed by atoms with van der Waals surface area (Å²) in [5.41, 5.74) is 6.99. The Morgan fingerprint density at radius 1 is 1.42 bits per heavy atom. The lowest BCUT2D eigenvalue weighted by Gasteiger charge is -2.17. The van der Waals surface area contributed by atoms with Crippen LogP contribution in [0.15, 0.2) is 30.6 Å². The van der Waals surface area contributed by atoms with Crippen LogP contribution < -0.4 is 5.32 Å². The number of hydrogen-bond donors (Lipinski definition) is 2. The van der Waals surface area contributed by atoms with Crippen molar-refractivity contribution >= 4 is 22.8 Å². The highest BCUT2D eigenvalue weighted by Crippen LogP contribution is 2.35. The fraction of sp³-hybridized carbons (Fsp3) is 0.381. The number of nitrogens with one attached hydrogen (secondary N) is 2. The summed E-state index contributed by atoms with van der Waals surface area (Å²) in [5, 5.41) is 4.69. The minimum atomic E-state index is 0.137. The van der Waals surface area contributed by atoms with Crippen LogP contribution in [-0.2, 0) is 18.2 Å². The number of H-pyrrole nitrogens is 1. The van der Waals surface area contributed by atoms with Crippen LogP contribution in [0.3, 0.4) is 0 Å². The first-order chi connectivity index (χ1) is 12.7. The largest absolute Gasteiger partial charge is 0.384 e. The zero-order valence-corrected chi connectivity index (χ0v) is 15.7. The van der Waals surface area contributed by atoms with E-state index in [2.05, 4.69) is 64.3 Å². The Labute approximate surface area is 154 Å². The zero-order valence-electron chi connectivity index (χ0n) is 15.7. The van der Waals surface area contributed by atoms with Gasteiger partial charge in [0, 0.05) is 67.5 Å². The van der Waals surface area contributed by atoms with Gasteiger partial charge in [0.05, 0.1) is 6.10 Å². The van der Waals surface area contributed by atoms with Crippen LogP contribution in [-0.4, -0.2) is 34.3 Å². The normalized spacial score (nSPS) is 16.2. The third-order valence-electron chi connectivity index (χ3n) is 5.18. The summed E-state index contributed by atoms with van der Waals surface area (Å²) in [6.07, 6.45) is 11.7. The van der Waals surface area contributed by atoms with Gasteiger partial charge >= 0.3 is 0 Å². The van der Waals surface area contributed by atoms with Gasteiger partial charge in [-0.3, -0.25) is 0 Å². The molecule has 2 N–H and O–H groups in total. The van der Waals surface area contributed by atoms with Crippen LogP contribution in [0.2, 0.25) is 0 Å². The van der Waals surface area contributed by atoms with Crippen LogP contribution in [0.5, 0.6) is 0 Å². The molecule has 0 amide bonds. The van der Waals surface area contributed by atoms with E-state index in [0.717, 1.165) is 41.8 Å². The van der Waals surface area contributed by atoms with Gasteiger partial charge in [-0.25, -0.2) is 4.98 Å². The zero-order chi connectivity index (χ0) is 18.1. The van der Waals surface area contributed by atoms with Crippen molar-refractivity contribution in [3.63, 3.8) is 0 Å². The number of hydrogen-bond acceptors (Lipinski definition) is 3. The molecule has 0 fully saturated rings. The van der Waals surface area contributed by atoms with Gasteiger partial charge in [-0.05, 0) is 30.2 Å². The molecule has 5 heteroatoms. The molecule has 136 valence electrons. The third kappa shape index (κ3) is 2.92. The van der Waals surface area contributed by atoms with Crippen molar-refractivity contribution < 1.29 is 4.74 Å². The highest BCUT2D eigenvalue weighted by atomic mass is 16.5. The summed E-state index contributed by atoms with van der Waals surface area (Å²) in [4.78, 5) is 8.03. The second-order valence-electron chi connectivity index (χ2n) is 6.94. The number of fused-ring (bicyclic) bond motifs is 2. The molecule has 3 heterocycles. The van der Waals surface area contributed by atoms with Crippen LogP contribution in [0.25, 0.3) is 28.4 Å². The van der Waals surface area contributed by atoms with Crippen molar-refractivity contribution in [2.24, 2.45) is 7.05 Å². The van der Waals surface area contributed by atoms with E-state index in [4.69, 9.17) is 4.74 Å². The van der Waals surface area contributed by atoms with Gasteiger partial charge in [-0.2, -0.15) is 0 Å². The van der Waals surface area contributed by atoms with Crippen LogP contribution in [0.4, 0.5) is 5.69 Å². The number of aromatic amines is 1. The van der Waals surface area contributed by atoms with Gasteiger partial charge in [0.15, 0.2) is 0 Å². The summed E-state index contributed by atoms with van der Waals surface area (Å²) < 4.78 is 7.74. The lowest BCUT2D eigenvalue weighted by Crippen LogP contribution is -2.15. The van der Waals surface area contributed by atoms with Crippen molar-refractivity contribution in [2.45, 2.75) is 32.3 Å². The molecular weight excluding hydrogens is 324 g/mol. The molecule has 0 spiro atoms. The molecule has 1 aliphatic rings. The first-order valence-corrected chi connectivity index (χ1v) is 9.32. The van der Waals surface area contributed by atoms with Gasteiger partial charge in [0.1, 0.15) is 5.65 Å². The van der Waals surface area contributed by atoms with Gasteiger partial charge in [0.25, 0.3) is 0 Å². The van der Waals surface area contributed by atoms with Gasteiger partial charge in [-0.1, -0.05) is 19.4 Å². The average molecular weight is 350 g/mol. The lowest BCUT2D eigenvalue weighted by atomic mass is 9.97. The second-order valence-corrected chi connectivity index (χ2v) is 6.94. The fourth-order valence-electron chi connectivity index (χ4n) is 3.71. The predicted molar refractivity (Wildman–Crippen MR) is 107 cm³/mol. The highest BCUT2D eigenvalue weighted by molar-refractivity contribution is 5.94. The van der Waals surface area contributed by atoms with E-state index in [1.54, 1.807) is 7.11 Å². The van der Waals surface area contributed by atoms with Crippen molar-refractivity contribution in [3.8, 4) is 11.3 Å². The summed E-state index contributed by atoms with van der Waals surface area (Å²) in [5.74, 6) is 0. The maximum Gasteiger partial charge on any atom is 0.139 e. The van der Waals surface area contributed by atoms with E-state index < -0.39 is 0 Å². The molecule has 0 saturated carbocycles. The van der Waals surface area contributed by atoms with Crippen molar-refractivity contribution in [1.82, 2.24) is 14.5 Å². The van der Waals surface area contributed by atoms with Crippen molar-refractivity contribution in [3.05, 3.63) is 41.9 Å². The quantitative estimate of drug-likeness (QED) is 0.649. The Kier molecular flexibility index (Phi) is 4.55. The Morgan fingerprint density at radius 3 is 3.12 bits per heavy atom. The topological polar surface area (TPSA) is 54.9 Å². The molecule has 3 aromatic heterocycles. The first-order valence-electron chi connectivity index (χ1n) is 9.32. The van der Waals surface area contributed by atoms with Gasteiger partial charge < -0.3 is 19.6 Å². The van der Waals surface area contributed by atoms with Crippen molar-refractivity contribution in [2.75, 3.05) is 19.0 Å². The molecule has 0 bridgehead atoms. The number of aromatic nitrogens is 3.